The number of fused-ring (bicyclic) bond motifs is 1. The van der Waals surface area contributed by atoms with Crippen LogP contribution in [0.4, 0.5) is 11.4 Å². The van der Waals surface area contributed by atoms with Crippen LogP contribution in [0.3, 0.4) is 0 Å². The van der Waals surface area contributed by atoms with Crippen molar-refractivity contribution in [3.8, 4) is 5.75 Å². The van der Waals surface area contributed by atoms with E-state index in [1.165, 1.54) is 23.5 Å². The van der Waals surface area contributed by atoms with Crippen molar-refractivity contribution in [1.82, 2.24) is 0 Å². The van der Waals surface area contributed by atoms with Gasteiger partial charge in [-0.1, -0.05) is 6.07 Å². The average molecular weight is 304 g/mol. The molecule has 0 bridgehead atoms. The first-order valence-corrected chi connectivity index (χ1v) is 8.07. The molecule has 0 radical (unpaired) electrons. The first kappa shape index (κ1) is 13.8. The molecule has 0 spiro atoms. The molecule has 3 rings (SSSR count). The van der Waals surface area contributed by atoms with Crippen LogP contribution in [0.15, 0.2) is 47.4 Å². The first-order valence-electron chi connectivity index (χ1n) is 6.63. The lowest BCUT2D eigenvalue weighted by atomic mass is 10.2. The van der Waals surface area contributed by atoms with Crippen molar-refractivity contribution in [2.24, 2.45) is 0 Å². The van der Waals surface area contributed by atoms with Gasteiger partial charge in [-0.05, 0) is 42.3 Å². The zero-order valence-corrected chi connectivity index (χ0v) is 12.4. The fraction of sp³-hybridized carbons (Fsp3) is 0.200. The van der Waals surface area contributed by atoms with Crippen molar-refractivity contribution in [2.75, 3.05) is 23.2 Å². The molecule has 1 aliphatic heterocycles. The van der Waals surface area contributed by atoms with Gasteiger partial charge >= 0.3 is 0 Å². The number of phenols is 1. The van der Waals surface area contributed by atoms with Crippen LogP contribution >= 0.6 is 0 Å². The van der Waals surface area contributed by atoms with E-state index in [9.17, 15) is 13.5 Å². The van der Waals surface area contributed by atoms with Crippen molar-refractivity contribution in [2.45, 2.75) is 11.3 Å². The van der Waals surface area contributed by atoms with Gasteiger partial charge < -0.3 is 10.4 Å². The lowest BCUT2D eigenvalue weighted by Gasteiger charge is -2.20. The SMILES string of the molecule is CN(c1cccc(O)c1)S(=O)(=O)c1ccc2c(c1)CCN2. The summed E-state index contributed by atoms with van der Waals surface area (Å²) in [4.78, 5) is 0.260. The lowest BCUT2D eigenvalue weighted by molar-refractivity contribution is 0.475. The minimum atomic E-state index is -3.64. The Morgan fingerprint density at radius 1 is 1.19 bits per heavy atom. The highest BCUT2D eigenvalue weighted by Gasteiger charge is 2.23. The quantitative estimate of drug-likeness (QED) is 0.912. The van der Waals surface area contributed by atoms with E-state index in [2.05, 4.69) is 5.32 Å². The number of nitrogens with zero attached hydrogens (tertiary/aromatic N) is 1. The van der Waals surface area contributed by atoms with Crippen molar-refractivity contribution in [3.63, 3.8) is 0 Å². The molecule has 0 aliphatic carbocycles. The van der Waals surface area contributed by atoms with E-state index in [0.717, 1.165) is 24.2 Å². The minimum absolute atomic E-state index is 0.0349. The second-order valence-corrected chi connectivity index (χ2v) is 6.96. The summed E-state index contributed by atoms with van der Waals surface area (Å²) >= 11 is 0. The summed E-state index contributed by atoms with van der Waals surface area (Å²) in [6.45, 7) is 0.835. The van der Waals surface area contributed by atoms with Gasteiger partial charge in [-0.2, -0.15) is 0 Å². The summed E-state index contributed by atoms with van der Waals surface area (Å²) in [5.74, 6) is 0.0349. The van der Waals surface area contributed by atoms with Gasteiger partial charge in [0, 0.05) is 25.3 Å². The van der Waals surface area contributed by atoms with Crippen LogP contribution in [0.5, 0.6) is 5.75 Å². The topological polar surface area (TPSA) is 69.6 Å². The second-order valence-electron chi connectivity index (χ2n) is 4.99. The van der Waals surface area contributed by atoms with Gasteiger partial charge in [0.15, 0.2) is 0 Å². The molecular weight excluding hydrogens is 288 g/mol. The number of hydrogen-bond donors (Lipinski definition) is 2. The monoisotopic (exact) mass is 304 g/mol. The smallest absolute Gasteiger partial charge is 0.264 e. The van der Waals surface area contributed by atoms with E-state index in [0.29, 0.717) is 5.69 Å². The number of sulfonamides is 1. The molecule has 2 aromatic carbocycles. The molecule has 0 saturated carbocycles. The summed E-state index contributed by atoms with van der Waals surface area (Å²) in [5, 5.41) is 12.7. The van der Waals surface area contributed by atoms with Gasteiger partial charge in [-0.3, -0.25) is 4.31 Å². The van der Waals surface area contributed by atoms with Gasteiger partial charge in [-0.15, -0.1) is 0 Å². The maximum absolute atomic E-state index is 12.7. The van der Waals surface area contributed by atoms with Crippen molar-refractivity contribution in [3.05, 3.63) is 48.0 Å². The van der Waals surface area contributed by atoms with E-state index >= 15 is 0 Å². The molecule has 5 nitrogen and oxygen atoms in total. The van der Waals surface area contributed by atoms with Gasteiger partial charge in [0.05, 0.1) is 10.6 Å². The Morgan fingerprint density at radius 2 is 2.00 bits per heavy atom. The zero-order chi connectivity index (χ0) is 15.0. The van der Waals surface area contributed by atoms with Crippen LogP contribution < -0.4 is 9.62 Å². The zero-order valence-electron chi connectivity index (χ0n) is 11.6. The summed E-state index contributed by atoms with van der Waals surface area (Å²) in [6, 6.07) is 11.3. The third-order valence-corrected chi connectivity index (χ3v) is 5.42. The van der Waals surface area contributed by atoms with Crippen molar-refractivity contribution in [1.29, 1.82) is 0 Å². The van der Waals surface area contributed by atoms with Crippen molar-refractivity contribution >= 4 is 21.4 Å². The molecule has 0 saturated heterocycles. The number of phenolic OH excluding ortho intramolecular Hbond substituents is 1. The molecule has 2 N–H and O–H groups in total. The Hall–Kier alpha value is -2.21. The van der Waals surface area contributed by atoms with E-state index in [1.807, 2.05) is 0 Å². The maximum Gasteiger partial charge on any atom is 0.264 e. The predicted molar refractivity (Wildman–Crippen MR) is 82.3 cm³/mol. The number of anilines is 2. The van der Waals surface area contributed by atoms with Crippen LogP contribution in [0, 0.1) is 0 Å². The number of benzene rings is 2. The highest BCUT2D eigenvalue weighted by molar-refractivity contribution is 7.92. The van der Waals surface area contributed by atoms with Gasteiger partial charge in [-0.25, -0.2) is 8.42 Å². The summed E-state index contributed by atoms with van der Waals surface area (Å²) < 4.78 is 26.5. The van der Waals surface area contributed by atoms with Gasteiger partial charge in [0.2, 0.25) is 0 Å². The molecule has 21 heavy (non-hydrogen) atoms. The van der Waals surface area contributed by atoms with E-state index in [1.54, 1.807) is 30.3 Å². The summed E-state index contributed by atoms with van der Waals surface area (Å²) in [5.41, 5.74) is 2.43. The molecule has 0 unspecified atom stereocenters. The minimum Gasteiger partial charge on any atom is -0.508 e. The highest BCUT2D eigenvalue weighted by Crippen LogP contribution is 2.29. The third kappa shape index (κ3) is 2.42. The molecule has 110 valence electrons. The van der Waals surface area contributed by atoms with Crippen LogP contribution in [-0.4, -0.2) is 27.1 Å². The molecule has 6 heteroatoms. The Labute approximate surface area is 123 Å². The molecular formula is C15H16N2O3S. The molecule has 1 heterocycles. The molecule has 2 aromatic rings. The van der Waals surface area contributed by atoms with E-state index < -0.39 is 10.0 Å². The largest absolute Gasteiger partial charge is 0.508 e. The Bertz CT molecular complexity index is 787. The van der Waals surface area contributed by atoms with Gasteiger partial charge in [0.25, 0.3) is 10.0 Å². The Balaban J connectivity index is 2.00. The first-order chi connectivity index (χ1) is 9.98. The number of hydrogen-bond acceptors (Lipinski definition) is 4. The number of aromatic hydroxyl groups is 1. The Kier molecular flexibility index (Phi) is 3.25. The maximum atomic E-state index is 12.7. The third-order valence-electron chi connectivity index (χ3n) is 3.64. The van der Waals surface area contributed by atoms with Crippen LogP contribution in [0.25, 0.3) is 0 Å². The highest BCUT2D eigenvalue weighted by atomic mass is 32.2. The number of nitrogens with one attached hydrogen (secondary N) is 1. The summed E-state index contributed by atoms with van der Waals surface area (Å²) in [6.07, 6.45) is 0.828. The normalized spacial score (nSPS) is 13.6. The fourth-order valence-electron chi connectivity index (χ4n) is 2.43. The molecule has 0 fully saturated rings. The lowest BCUT2D eigenvalue weighted by Crippen LogP contribution is -2.26. The standard InChI is InChI=1S/C15H16N2O3S/c1-17(12-3-2-4-13(18)10-12)21(19,20)14-5-6-15-11(9-14)7-8-16-15/h2-6,9-10,16,18H,7-8H2,1H3. The van der Waals surface area contributed by atoms with Crippen LogP contribution in [-0.2, 0) is 16.4 Å². The second kappa shape index (κ2) is 4.96. The van der Waals surface area contributed by atoms with E-state index in [-0.39, 0.29) is 10.6 Å². The number of rotatable bonds is 3. The van der Waals surface area contributed by atoms with Gasteiger partial charge in [0.1, 0.15) is 5.75 Å². The predicted octanol–water partition coefficient (Wildman–Crippen LogP) is 2.19. The Morgan fingerprint density at radius 3 is 2.76 bits per heavy atom. The van der Waals surface area contributed by atoms with Crippen LogP contribution in [0.2, 0.25) is 0 Å². The van der Waals surface area contributed by atoms with E-state index in [4.69, 9.17) is 0 Å². The average Bonchev–Trinajstić information content (AvgIpc) is 2.93. The van der Waals surface area contributed by atoms with Crippen molar-refractivity contribution < 1.29 is 13.5 Å². The summed E-state index contributed by atoms with van der Waals surface area (Å²) in [7, 11) is -2.15. The molecule has 0 aromatic heterocycles. The fourth-order valence-corrected chi connectivity index (χ4v) is 3.67. The molecule has 0 atom stereocenters. The molecule has 1 aliphatic rings. The molecule has 0 amide bonds. The van der Waals surface area contributed by atoms with Crippen LogP contribution in [0.1, 0.15) is 5.56 Å².